The van der Waals surface area contributed by atoms with E-state index in [0.717, 1.165) is 17.1 Å². The Kier molecular flexibility index (Phi) is 3.10. The van der Waals surface area contributed by atoms with Crippen LogP contribution in [0.5, 0.6) is 0 Å². The summed E-state index contributed by atoms with van der Waals surface area (Å²) >= 11 is 0. The molecule has 0 saturated carbocycles. The molecule has 0 aliphatic carbocycles. The van der Waals surface area contributed by atoms with E-state index in [1.54, 1.807) is 6.20 Å². The van der Waals surface area contributed by atoms with Crippen molar-refractivity contribution in [1.82, 2.24) is 4.98 Å². The molecule has 1 aromatic heterocycles. The average Bonchev–Trinajstić information content (AvgIpc) is 2.33. The van der Waals surface area contributed by atoms with Gasteiger partial charge in [0.25, 0.3) is 0 Å². The Labute approximate surface area is 95.7 Å². The zero-order valence-corrected chi connectivity index (χ0v) is 9.51. The monoisotopic (exact) mass is 210 g/mol. The Morgan fingerprint density at radius 2 is 1.81 bits per heavy atom. The number of aromatic nitrogens is 1. The number of nitrogens with zero attached hydrogens (tertiary/aromatic N) is 2. The number of hydrogen-bond acceptors (Lipinski definition) is 2. The molecule has 0 fully saturated rings. The van der Waals surface area contributed by atoms with Gasteiger partial charge in [0.2, 0.25) is 0 Å². The topological polar surface area (TPSA) is 25.2 Å². The van der Waals surface area contributed by atoms with Gasteiger partial charge in [-0.05, 0) is 37.6 Å². The van der Waals surface area contributed by atoms with Crippen molar-refractivity contribution in [1.29, 1.82) is 0 Å². The van der Waals surface area contributed by atoms with Crippen molar-refractivity contribution in [3.63, 3.8) is 0 Å². The summed E-state index contributed by atoms with van der Waals surface area (Å²) in [6.07, 6.45) is 1.78. The summed E-state index contributed by atoms with van der Waals surface area (Å²) in [4.78, 5) is 8.86. The highest BCUT2D eigenvalue weighted by atomic mass is 14.8. The maximum atomic E-state index is 4.58. The van der Waals surface area contributed by atoms with E-state index in [0.29, 0.717) is 0 Å². The summed E-state index contributed by atoms with van der Waals surface area (Å²) in [6, 6.07) is 13.9. The molecule has 2 aromatic rings. The number of pyridine rings is 1. The normalized spacial score (nSPS) is 11.5. The van der Waals surface area contributed by atoms with Gasteiger partial charge in [-0.3, -0.25) is 9.98 Å². The van der Waals surface area contributed by atoms with Crippen LogP contribution in [0.15, 0.2) is 53.7 Å². The van der Waals surface area contributed by atoms with E-state index in [4.69, 9.17) is 0 Å². The molecule has 2 rings (SSSR count). The molecular formula is C14H14N2. The quantitative estimate of drug-likeness (QED) is 0.696. The Hall–Kier alpha value is -1.96. The molecular weight excluding hydrogens is 196 g/mol. The summed E-state index contributed by atoms with van der Waals surface area (Å²) in [5, 5.41) is 0. The minimum atomic E-state index is 0.922. The van der Waals surface area contributed by atoms with Gasteiger partial charge in [-0.1, -0.05) is 24.3 Å². The highest BCUT2D eigenvalue weighted by molar-refractivity contribution is 5.98. The molecule has 0 spiro atoms. The lowest BCUT2D eigenvalue weighted by molar-refractivity contribution is 1.27. The van der Waals surface area contributed by atoms with Crippen molar-refractivity contribution in [3.05, 3.63) is 59.9 Å². The molecule has 0 amide bonds. The smallest absolute Gasteiger partial charge is 0.0841 e. The Morgan fingerprint density at radius 3 is 2.50 bits per heavy atom. The van der Waals surface area contributed by atoms with E-state index in [1.165, 1.54) is 5.56 Å². The van der Waals surface area contributed by atoms with Crippen LogP contribution in [0.2, 0.25) is 0 Å². The molecule has 0 aliphatic rings. The Bertz CT molecular complexity index is 501. The summed E-state index contributed by atoms with van der Waals surface area (Å²) in [5.74, 6) is 0. The lowest BCUT2D eigenvalue weighted by atomic mass is 10.2. The van der Waals surface area contributed by atoms with Gasteiger partial charge < -0.3 is 0 Å². The van der Waals surface area contributed by atoms with Crippen LogP contribution in [0.3, 0.4) is 0 Å². The molecule has 1 aromatic carbocycles. The number of aliphatic imine (C=N–C) groups is 1. The molecule has 80 valence electrons. The molecule has 16 heavy (non-hydrogen) atoms. The maximum absolute atomic E-state index is 4.58. The first-order valence-electron chi connectivity index (χ1n) is 5.30. The van der Waals surface area contributed by atoms with Gasteiger partial charge >= 0.3 is 0 Å². The molecule has 0 aliphatic heterocycles. The number of aryl methyl sites for hydroxylation is 1. The zero-order valence-electron chi connectivity index (χ0n) is 9.51. The third-order valence-electron chi connectivity index (χ3n) is 2.44. The van der Waals surface area contributed by atoms with E-state index in [2.05, 4.69) is 23.0 Å². The Balaban J connectivity index is 2.36. The van der Waals surface area contributed by atoms with Crippen LogP contribution >= 0.6 is 0 Å². The first kappa shape index (κ1) is 10.6. The number of rotatable bonds is 2. The van der Waals surface area contributed by atoms with Crippen LogP contribution in [0.1, 0.15) is 18.2 Å². The molecule has 0 radical (unpaired) electrons. The fourth-order valence-corrected chi connectivity index (χ4v) is 1.50. The van der Waals surface area contributed by atoms with Crippen LogP contribution in [0, 0.1) is 6.92 Å². The molecule has 0 N–H and O–H groups in total. The second-order valence-electron chi connectivity index (χ2n) is 3.70. The van der Waals surface area contributed by atoms with Crippen molar-refractivity contribution in [3.8, 4) is 0 Å². The van der Waals surface area contributed by atoms with E-state index >= 15 is 0 Å². The van der Waals surface area contributed by atoms with E-state index < -0.39 is 0 Å². The van der Waals surface area contributed by atoms with Crippen molar-refractivity contribution >= 4 is 11.4 Å². The van der Waals surface area contributed by atoms with Gasteiger partial charge in [-0.15, -0.1) is 0 Å². The SMILES string of the molecule is C/C(=N\c1ccccc1C)c1ccccn1. The standard InChI is InChI=1S/C14H14N2/c1-11-7-3-4-8-13(11)16-12(2)14-9-5-6-10-15-14/h3-10H,1-2H3/b16-12+. The second-order valence-corrected chi connectivity index (χ2v) is 3.70. The van der Waals surface area contributed by atoms with Gasteiger partial charge in [0, 0.05) is 6.20 Å². The van der Waals surface area contributed by atoms with Crippen LogP contribution in [-0.4, -0.2) is 10.7 Å². The Morgan fingerprint density at radius 1 is 1.06 bits per heavy atom. The second kappa shape index (κ2) is 4.71. The minimum Gasteiger partial charge on any atom is -0.255 e. The molecule has 2 nitrogen and oxygen atoms in total. The fraction of sp³-hybridized carbons (Fsp3) is 0.143. The lowest BCUT2D eigenvalue weighted by Crippen LogP contribution is -1.96. The summed E-state index contributed by atoms with van der Waals surface area (Å²) < 4.78 is 0. The first-order chi connectivity index (χ1) is 7.77. The summed E-state index contributed by atoms with van der Waals surface area (Å²) in [5.41, 5.74) is 4.05. The predicted molar refractivity (Wildman–Crippen MR) is 67.3 cm³/mol. The average molecular weight is 210 g/mol. The summed E-state index contributed by atoms with van der Waals surface area (Å²) in [6.45, 7) is 4.04. The fourth-order valence-electron chi connectivity index (χ4n) is 1.50. The molecule has 0 unspecified atom stereocenters. The molecule has 0 atom stereocenters. The molecule has 0 bridgehead atoms. The lowest BCUT2D eigenvalue weighted by Gasteiger charge is -2.02. The third kappa shape index (κ3) is 2.34. The van der Waals surface area contributed by atoms with Crippen LogP contribution in [0.25, 0.3) is 0 Å². The first-order valence-corrected chi connectivity index (χ1v) is 5.30. The number of hydrogen-bond donors (Lipinski definition) is 0. The largest absolute Gasteiger partial charge is 0.255 e. The predicted octanol–water partition coefficient (Wildman–Crippen LogP) is 3.53. The van der Waals surface area contributed by atoms with Crippen molar-refractivity contribution in [2.24, 2.45) is 4.99 Å². The number of benzene rings is 1. The van der Waals surface area contributed by atoms with Gasteiger partial charge in [0.15, 0.2) is 0 Å². The van der Waals surface area contributed by atoms with Gasteiger partial charge in [0.05, 0.1) is 17.1 Å². The van der Waals surface area contributed by atoms with Gasteiger partial charge in [-0.2, -0.15) is 0 Å². The minimum absolute atomic E-state index is 0.922. The van der Waals surface area contributed by atoms with Crippen LogP contribution in [-0.2, 0) is 0 Å². The number of para-hydroxylation sites is 1. The van der Waals surface area contributed by atoms with E-state index in [-0.39, 0.29) is 0 Å². The highest BCUT2D eigenvalue weighted by Gasteiger charge is 1.99. The maximum Gasteiger partial charge on any atom is 0.0841 e. The van der Waals surface area contributed by atoms with Gasteiger partial charge in [0.1, 0.15) is 0 Å². The van der Waals surface area contributed by atoms with Crippen molar-refractivity contribution in [2.75, 3.05) is 0 Å². The van der Waals surface area contributed by atoms with Crippen LogP contribution < -0.4 is 0 Å². The molecule has 0 saturated heterocycles. The molecule has 2 heteroatoms. The van der Waals surface area contributed by atoms with E-state index in [1.807, 2.05) is 43.3 Å². The zero-order chi connectivity index (χ0) is 11.4. The highest BCUT2D eigenvalue weighted by Crippen LogP contribution is 2.18. The van der Waals surface area contributed by atoms with Crippen LogP contribution in [0.4, 0.5) is 5.69 Å². The van der Waals surface area contributed by atoms with Crippen molar-refractivity contribution < 1.29 is 0 Å². The summed E-state index contributed by atoms with van der Waals surface area (Å²) in [7, 11) is 0. The third-order valence-corrected chi connectivity index (χ3v) is 2.44. The van der Waals surface area contributed by atoms with Crippen molar-refractivity contribution in [2.45, 2.75) is 13.8 Å². The van der Waals surface area contributed by atoms with E-state index in [9.17, 15) is 0 Å². The molecule has 1 heterocycles. The van der Waals surface area contributed by atoms with Gasteiger partial charge in [-0.25, -0.2) is 0 Å².